The molecule has 0 fully saturated rings. The van der Waals surface area contributed by atoms with E-state index in [0.717, 1.165) is 0 Å². The van der Waals surface area contributed by atoms with Gasteiger partial charge < -0.3 is 28.8 Å². The molecule has 0 aromatic carbocycles. The summed E-state index contributed by atoms with van der Waals surface area (Å²) in [6.07, 6.45) is 0. The average molecular weight is 114 g/mol. The van der Waals surface area contributed by atoms with Crippen molar-refractivity contribution in [3.8, 4) is 0 Å². The van der Waals surface area contributed by atoms with Gasteiger partial charge in [-0.15, -0.1) is 0 Å². The zero-order chi connectivity index (χ0) is 0. The van der Waals surface area contributed by atoms with E-state index in [-0.39, 0.29) is 58.4 Å². The average Bonchev–Trinajstić information content (AvgIpc) is 0. The minimum atomic E-state index is 0. The van der Waals surface area contributed by atoms with Crippen molar-refractivity contribution in [1.82, 2.24) is 0 Å². The van der Waals surface area contributed by atoms with Crippen LogP contribution < -0.4 is 29.6 Å². The summed E-state index contributed by atoms with van der Waals surface area (Å²) in [5.41, 5.74) is 0. The molecule has 0 aromatic rings. The van der Waals surface area contributed by atoms with Gasteiger partial charge in [-0.1, -0.05) is 0 Å². The Labute approximate surface area is 58.7 Å². The van der Waals surface area contributed by atoms with Gasteiger partial charge in [0.05, 0.1) is 0 Å². The first-order chi connectivity index (χ1) is 0. The molecule has 0 radical (unpaired) electrons. The Morgan fingerprint density at radius 1 is 0.500 bits per heavy atom. The van der Waals surface area contributed by atoms with E-state index in [1.54, 1.807) is 0 Å². The van der Waals surface area contributed by atoms with Crippen molar-refractivity contribution in [1.29, 1.82) is 0 Å². The van der Waals surface area contributed by atoms with Crippen LogP contribution in [-0.2, 0) is 0 Å². The molecule has 6 heavy (non-hydrogen) atoms. The van der Waals surface area contributed by atoms with Gasteiger partial charge in [-0.05, 0) is 0 Å². The van der Waals surface area contributed by atoms with Crippen LogP contribution in [-0.4, -0.2) is 27.4 Å². The Kier molecular flexibility index (Phi) is 12400. The zero-order valence-corrected chi connectivity index (χ0v) is 5.50. The van der Waals surface area contributed by atoms with Gasteiger partial charge in [-0.2, -0.15) is 0 Å². The monoisotopic (exact) mass is 114 g/mol. The summed E-state index contributed by atoms with van der Waals surface area (Å²) in [6.45, 7) is 0. The van der Waals surface area contributed by atoms with Crippen molar-refractivity contribution in [2.75, 3.05) is 0 Å². The topological polar surface area (TPSA) is 158 Å². The molecule has 0 rings (SSSR count). The molecule has 5 nitrogen and oxygen atoms in total. The van der Waals surface area contributed by atoms with E-state index >= 15 is 0 Å². The van der Waals surface area contributed by atoms with E-state index in [9.17, 15) is 0 Å². The van der Waals surface area contributed by atoms with E-state index in [4.69, 9.17) is 0 Å². The second-order valence-corrected chi connectivity index (χ2v) is 0. The van der Waals surface area contributed by atoms with E-state index in [2.05, 4.69) is 0 Å². The minimum absolute atomic E-state index is 0. The molecule has 0 aliphatic carbocycles. The van der Waals surface area contributed by atoms with Crippen LogP contribution in [0.5, 0.6) is 0 Å². The van der Waals surface area contributed by atoms with Gasteiger partial charge >= 0.3 is 29.6 Å². The summed E-state index contributed by atoms with van der Waals surface area (Å²) < 4.78 is 0. The summed E-state index contributed by atoms with van der Waals surface area (Å²) in [5.74, 6) is 0. The van der Waals surface area contributed by atoms with Crippen molar-refractivity contribution in [3.63, 3.8) is 0 Å². The van der Waals surface area contributed by atoms with Crippen molar-refractivity contribution in [2.45, 2.75) is 0 Å². The molecule has 0 atom stereocenters. The fraction of sp³-hybridized carbons (Fsp3) is 0. The normalized spacial score (nSPS) is 0. The van der Waals surface area contributed by atoms with Gasteiger partial charge in [0.1, 0.15) is 0 Å². The minimum Gasteiger partial charge on any atom is -1.00 e. The maximum Gasteiger partial charge on any atom is 1.00 e. The van der Waals surface area contributed by atoms with Crippen molar-refractivity contribution in [2.24, 2.45) is 0 Å². The van der Waals surface area contributed by atoms with Crippen LogP contribution in [0.3, 0.4) is 0 Å². The Hall–Kier alpha value is 0.800. The van der Waals surface area contributed by atoms with Crippen molar-refractivity contribution >= 4 is 0 Å². The summed E-state index contributed by atoms with van der Waals surface area (Å²) >= 11 is 0. The maximum atomic E-state index is 0. The largest absolute Gasteiger partial charge is 1.00 e. The predicted octanol–water partition coefficient (Wildman–Crippen LogP) is -7.01. The van der Waals surface area contributed by atoms with Crippen LogP contribution in [0.25, 0.3) is 0 Å². The summed E-state index contributed by atoms with van der Waals surface area (Å²) in [5, 5.41) is 0. The van der Waals surface area contributed by atoms with Crippen LogP contribution in [0.2, 0.25) is 0 Å². The first-order valence-electron chi connectivity index (χ1n) is 0. The van der Waals surface area contributed by atoms with Crippen LogP contribution in [0.4, 0.5) is 0 Å². The van der Waals surface area contributed by atoms with E-state index in [0.29, 0.717) is 0 Å². The quantitative estimate of drug-likeness (QED) is 0.274. The molecule has 0 aromatic heterocycles. The predicted molar refractivity (Wildman–Crippen MR) is 19.2 cm³/mol. The summed E-state index contributed by atoms with van der Waals surface area (Å²) in [4.78, 5) is 0. The molecular formula is H11NaO5. The van der Waals surface area contributed by atoms with Gasteiger partial charge in [0, 0.05) is 0 Å². The van der Waals surface area contributed by atoms with E-state index in [1.165, 1.54) is 0 Å². The van der Waals surface area contributed by atoms with Gasteiger partial charge in [0.25, 0.3) is 0 Å². The van der Waals surface area contributed by atoms with E-state index in [1.807, 2.05) is 0 Å². The summed E-state index contributed by atoms with van der Waals surface area (Å²) in [7, 11) is 0. The molecule has 0 spiro atoms. The standard InChI is InChI=1S/Na.5H2O.H/h;5*1H2;/q+1;;;;;;-1. The maximum absolute atomic E-state index is 0. The Morgan fingerprint density at radius 2 is 0.500 bits per heavy atom. The Morgan fingerprint density at radius 3 is 0.500 bits per heavy atom. The van der Waals surface area contributed by atoms with Crippen LogP contribution in [0.1, 0.15) is 1.43 Å². The smallest absolute Gasteiger partial charge is 1.00 e. The molecule has 0 saturated heterocycles. The third kappa shape index (κ3) is 108. The first kappa shape index (κ1) is 357. The molecule has 42 valence electrons. The van der Waals surface area contributed by atoms with Crippen LogP contribution in [0, 0.1) is 0 Å². The fourth-order valence-electron chi connectivity index (χ4n) is 0. The van der Waals surface area contributed by atoms with Crippen molar-refractivity contribution < 1.29 is 58.4 Å². The molecule has 0 bridgehead atoms. The first-order valence-corrected chi connectivity index (χ1v) is 0. The number of hydrogen-bond acceptors (Lipinski definition) is 0. The van der Waals surface area contributed by atoms with Gasteiger partial charge in [0.15, 0.2) is 0 Å². The zero-order valence-electron chi connectivity index (χ0n) is 4.50. The second kappa shape index (κ2) is 209. The molecule has 0 aliphatic rings. The molecule has 0 saturated carbocycles. The second-order valence-electron chi connectivity index (χ2n) is 0. The van der Waals surface area contributed by atoms with Gasteiger partial charge in [0.2, 0.25) is 0 Å². The molecular weight excluding hydrogens is 103 g/mol. The molecule has 0 unspecified atom stereocenters. The summed E-state index contributed by atoms with van der Waals surface area (Å²) in [6, 6.07) is 0. The van der Waals surface area contributed by atoms with E-state index < -0.39 is 0 Å². The third-order valence-corrected chi connectivity index (χ3v) is 0. The van der Waals surface area contributed by atoms with Crippen LogP contribution in [0.15, 0.2) is 0 Å². The Balaban J connectivity index is 0. The fourth-order valence-corrected chi connectivity index (χ4v) is 0. The van der Waals surface area contributed by atoms with Gasteiger partial charge in [-0.3, -0.25) is 0 Å². The molecule has 0 amide bonds. The van der Waals surface area contributed by atoms with Gasteiger partial charge in [-0.25, -0.2) is 0 Å². The molecule has 0 heterocycles. The number of rotatable bonds is 0. The molecule has 0 aliphatic heterocycles. The Bertz CT molecular complexity index is 8.04. The third-order valence-electron chi connectivity index (χ3n) is 0. The molecule has 10 N–H and O–H groups in total. The van der Waals surface area contributed by atoms with Crippen molar-refractivity contribution in [3.05, 3.63) is 0 Å². The SMILES string of the molecule is O.O.O.O.O.[H-].[Na+]. The molecule has 6 heteroatoms. The number of hydrogen-bond donors (Lipinski definition) is 0. The van der Waals surface area contributed by atoms with Crippen LogP contribution >= 0.6 is 0 Å².